The van der Waals surface area contributed by atoms with Crippen molar-refractivity contribution in [1.82, 2.24) is 4.31 Å². The normalized spacial score (nSPS) is 22.7. The molecular weight excluding hydrogens is 340 g/mol. The standard InChI is InChI=1S/C14H21BrN2O2S/c1-10-8-13(15)5-6-14(10)20(18,19)17-7-3-4-12(9-17)11(2)16/h5-6,8,11-12H,3-4,7,9,16H2,1-2H3. The summed E-state index contributed by atoms with van der Waals surface area (Å²) >= 11 is 3.36. The van der Waals surface area contributed by atoms with Gasteiger partial charge in [0.1, 0.15) is 0 Å². The van der Waals surface area contributed by atoms with Gasteiger partial charge in [-0.2, -0.15) is 4.31 Å². The Morgan fingerprint density at radius 1 is 1.45 bits per heavy atom. The van der Waals surface area contributed by atoms with E-state index < -0.39 is 10.0 Å². The van der Waals surface area contributed by atoms with E-state index in [1.54, 1.807) is 16.4 Å². The first kappa shape index (κ1) is 15.9. The molecule has 20 heavy (non-hydrogen) atoms. The first-order chi connectivity index (χ1) is 9.32. The molecule has 2 atom stereocenters. The largest absolute Gasteiger partial charge is 0.328 e. The number of rotatable bonds is 3. The second-order valence-electron chi connectivity index (χ2n) is 5.53. The van der Waals surface area contributed by atoms with Gasteiger partial charge in [-0.3, -0.25) is 0 Å². The Labute approximate surface area is 129 Å². The van der Waals surface area contributed by atoms with Gasteiger partial charge in [0.2, 0.25) is 10.0 Å². The molecule has 0 radical (unpaired) electrons. The number of aryl methyl sites for hydroxylation is 1. The van der Waals surface area contributed by atoms with Crippen molar-refractivity contribution in [2.75, 3.05) is 13.1 Å². The molecule has 0 aromatic heterocycles. The van der Waals surface area contributed by atoms with Gasteiger partial charge < -0.3 is 5.73 Å². The van der Waals surface area contributed by atoms with E-state index in [1.165, 1.54) is 0 Å². The predicted molar refractivity (Wildman–Crippen MR) is 84.0 cm³/mol. The molecule has 6 heteroatoms. The van der Waals surface area contributed by atoms with Crippen LogP contribution in [0.2, 0.25) is 0 Å². The second-order valence-corrected chi connectivity index (χ2v) is 8.36. The van der Waals surface area contributed by atoms with Crippen LogP contribution in [0.1, 0.15) is 25.3 Å². The first-order valence-electron chi connectivity index (χ1n) is 6.84. The Morgan fingerprint density at radius 3 is 2.75 bits per heavy atom. The Hall–Kier alpha value is -0.430. The van der Waals surface area contributed by atoms with Crippen molar-refractivity contribution in [3.05, 3.63) is 28.2 Å². The van der Waals surface area contributed by atoms with Crippen molar-refractivity contribution in [2.45, 2.75) is 37.6 Å². The fraction of sp³-hybridized carbons (Fsp3) is 0.571. The highest BCUT2D eigenvalue weighted by atomic mass is 79.9. The summed E-state index contributed by atoms with van der Waals surface area (Å²) in [6.07, 6.45) is 1.88. The topological polar surface area (TPSA) is 63.4 Å². The number of halogens is 1. The highest BCUT2D eigenvalue weighted by Gasteiger charge is 2.32. The molecular formula is C14H21BrN2O2S. The van der Waals surface area contributed by atoms with Gasteiger partial charge in [-0.25, -0.2) is 8.42 Å². The lowest BCUT2D eigenvalue weighted by Crippen LogP contribution is -2.45. The molecule has 1 aromatic rings. The van der Waals surface area contributed by atoms with Crippen molar-refractivity contribution in [3.63, 3.8) is 0 Å². The van der Waals surface area contributed by atoms with Crippen molar-refractivity contribution >= 4 is 26.0 Å². The molecule has 1 aliphatic rings. The van der Waals surface area contributed by atoms with Gasteiger partial charge in [0.15, 0.2) is 0 Å². The molecule has 0 bridgehead atoms. The average molecular weight is 361 g/mol. The van der Waals surface area contributed by atoms with E-state index in [0.717, 1.165) is 22.9 Å². The minimum atomic E-state index is -3.42. The molecule has 0 spiro atoms. The number of piperidine rings is 1. The molecule has 2 unspecified atom stereocenters. The third-order valence-electron chi connectivity index (χ3n) is 3.92. The van der Waals surface area contributed by atoms with Crippen LogP contribution >= 0.6 is 15.9 Å². The minimum absolute atomic E-state index is 0.0269. The predicted octanol–water partition coefficient (Wildman–Crippen LogP) is 2.51. The lowest BCUT2D eigenvalue weighted by atomic mass is 9.93. The fourth-order valence-corrected chi connectivity index (χ4v) is 4.88. The maximum atomic E-state index is 12.8. The molecule has 1 heterocycles. The van der Waals surface area contributed by atoms with Crippen LogP contribution in [0.25, 0.3) is 0 Å². The van der Waals surface area contributed by atoms with Crippen LogP contribution in [-0.4, -0.2) is 31.9 Å². The Morgan fingerprint density at radius 2 is 2.15 bits per heavy atom. The van der Waals surface area contributed by atoms with E-state index in [9.17, 15) is 8.42 Å². The molecule has 4 nitrogen and oxygen atoms in total. The molecule has 1 aromatic carbocycles. The number of benzene rings is 1. The number of hydrogen-bond acceptors (Lipinski definition) is 3. The van der Waals surface area contributed by atoms with Crippen molar-refractivity contribution in [3.8, 4) is 0 Å². The summed E-state index contributed by atoms with van der Waals surface area (Å²) in [5.41, 5.74) is 6.70. The summed E-state index contributed by atoms with van der Waals surface area (Å²) in [6.45, 7) is 4.88. The zero-order valence-electron chi connectivity index (χ0n) is 11.8. The highest BCUT2D eigenvalue weighted by Crippen LogP contribution is 2.27. The van der Waals surface area contributed by atoms with Crippen LogP contribution < -0.4 is 5.73 Å². The van der Waals surface area contributed by atoms with Gasteiger partial charge in [0.25, 0.3) is 0 Å². The number of nitrogens with zero attached hydrogens (tertiary/aromatic N) is 1. The third kappa shape index (κ3) is 3.24. The van der Waals surface area contributed by atoms with E-state index in [-0.39, 0.29) is 12.0 Å². The van der Waals surface area contributed by atoms with Gasteiger partial charge in [-0.15, -0.1) is 0 Å². The smallest absolute Gasteiger partial charge is 0.243 e. The van der Waals surface area contributed by atoms with Crippen LogP contribution in [0.5, 0.6) is 0 Å². The van der Waals surface area contributed by atoms with Crippen LogP contribution in [0.3, 0.4) is 0 Å². The third-order valence-corrected chi connectivity index (χ3v) is 6.44. The lowest BCUT2D eigenvalue weighted by Gasteiger charge is -2.34. The van der Waals surface area contributed by atoms with Gasteiger partial charge >= 0.3 is 0 Å². The molecule has 2 N–H and O–H groups in total. The summed E-state index contributed by atoms with van der Waals surface area (Å²) in [7, 11) is -3.42. The van der Waals surface area contributed by atoms with E-state index in [2.05, 4.69) is 15.9 Å². The van der Waals surface area contributed by atoms with Crippen molar-refractivity contribution < 1.29 is 8.42 Å². The van der Waals surface area contributed by atoms with Crippen LogP contribution in [0.4, 0.5) is 0 Å². The highest BCUT2D eigenvalue weighted by molar-refractivity contribution is 9.10. The average Bonchev–Trinajstić information content (AvgIpc) is 2.38. The monoisotopic (exact) mass is 360 g/mol. The minimum Gasteiger partial charge on any atom is -0.328 e. The number of nitrogens with two attached hydrogens (primary N) is 1. The Balaban J connectivity index is 2.30. The number of hydrogen-bond donors (Lipinski definition) is 1. The summed E-state index contributed by atoms with van der Waals surface area (Å²) in [4.78, 5) is 0.394. The van der Waals surface area contributed by atoms with E-state index in [0.29, 0.717) is 18.0 Å². The van der Waals surface area contributed by atoms with Crippen molar-refractivity contribution in [1.29, 1.82) is 0 Å². The van der Waals surface area contributed by atoms with E-state index in [4.69, 9.17) is 5.73 Å². The second kappa shape index (κ2) is 6.13. The maximum absolute atomic E-state index is 12.8. The molecule has 112 valence electrons. The Kier molecular flexibility index (Phi) is 4.89. The van der Waals surface area contributed by atoms with Gasteiger partial charge in [0, 0.05) is 23.6 Å². The van der Waals surface area contributed by atoms with E-state index in [1.807, 2.05) is 19.9 Å². The molecule has 0 saturated carbocycles. The molecule has 0 amide bonds. The van der Waals surface area contributed by atoms with Crippen molar-refractivity contribution in [2.24, 2.45) is 11.7 Å². The number of sulfonamides is 1. The summed E-state index contributed by atoms with van der Waals surface area (Å²) in [5, 5.41) is 0. The maximum Gasteiger partial charge on any atom is 0.243 e. The van der Waals surface area contributed by atoms with Gasteiger partial charge in [0.05, 0.1) is 4.90 Å². The fourth-order valence-electron chi connectivity index (χ4n) is 2.66. The zero-order valence-corrected chi connectivity index (χ0v) is 14.2. The van der Waals surface area contributed by atoms with Crippen LogP contribution in [0, 0.1) is 12.8 Å². The SMILES string of the molecule is Cc1cc(Br)ccc1S(=O)(=O)N1CCCC(C(C)N)C1. The van der Waals surface area contributed by atoms with Crippen LogP contribution in [0.15, 0.2) is 27.6 Å². The summed E-state index contributed by atoms with van der Waals surface area (Å²) < 4.78 is 28.0. The lowest BCUT2D eigenvalue weighted by molar-refractivity contribution is 0.243. The van der Waals surface area contributed by atoms with Gasteiger partial charge in [-0.05, 0) is 56.4 Å². The molecule has 2 rings (SSSR count). The summed E-state index contributed by atoms with van der Waals surface area (Å²) in [5.74, 6) is 0.245. The quantitative estimate of drug-likeness (QED) is 0.900. The molecule has 1 fully saturated rings. The van der Waals surface area contributed by atoms with E-state index >= 15 is 0 Å². The molecule has 1 saturated heterocycles. The summed E-state index contributed by atoms with van der Waals surface area (Å²) in [6, 6.07) is 5.30. The molecule has 1 aliphatic heterocycles. The Bertz CT molecular complexity index is 587. The zero-order chi connectivity index (χ0) is 14.9. The first-order valence-corrected chi connectivity index (χ1v) is 9.07. The van der Waals surface area contributed by atoms with Gasteiger partial charge in [-0.1, -0.05) is 15.9 Å². The molecule has 0 aliphatic carbocycles. The van der Waals surface area contributed by atoms with Crippen LogP contribution in [-0.2, 0) is 10.0 Å².